The van der Waals surface area contributed by atoms with Crippen molar-refractivity contribution in [2.24, 2.45) is 5.92 Å². The summed E-state index contributed by atoms with van der Waals surface area (Å²) in [6.45, 7) is 1.39. The van der Waals surface area contributed by atoms with E-state index in [0.29, 0.717) is 25.5 Å². The number of thiazole rings is 1. The van der Waals surface area contributed by atoms with Crippen LogP contribution in [0.25, 0.3) is 10.8 Å². The molecule has 3 amide bonds. The molecule has 0 radical (unpaired) electrons. The van der Waals surface area contributed by atoms with Crippen LogP contribution in [0.4, 0.5) is 4.79 Å². The summed E-state index contributed by atoms with van der Waals surface area (Å²) in [5, 5.41) is 8.58. The molecule has 0 spiro atoms. The zero-order valence-electron chi connectivity index (χ0n) is 14.2. The van der Waals surface area contributed by atoms with Crippen molar-refractivity contribution < 1.29 is 9.59 Å². The lowest BCUT2D eigenvalue weighted by molar-refractivity contribution is -0.124. The smallest absolute Gasteiger partial charge is 0.317 e. The third-order valence-corrected chi connectivity index (χ3v) is 5.61. The number of carbonyl (C=O) groups excluding carboxylic acids is 2. The van der Waals surface area contributed by atoms with Gasteiger partial charge in [0.2, 0.25) is 5.91 Å². The van der Waals surface area contributed by atoms with Crippen LogP contribution in [0.3, 0.4) is 0 Å². The van der Waals surface area contributed by atoms with E-state index < -0.39 is 0 Å². The number of carbonyl (C=O) groups is 2. The van der Waals surface area contributed by atoms with Crippen LogP contribution < -0.4 is 10.6 Å². The van der Waals surface area contributed by atoms with Gasteiger partial charge in [0.25, 0.3) is 0 Å². The first-order valence-electron chi connectivity index (χ1n) is 8.74. The van der Waals surface area contributed by atoms with Crippen LogP contribution in [-0.2, 0) is 11.3 Å². The highest BCUT2D eigenvalue weighted by atomic mass is 32.1. The van der Waals surface area contributed by atoms with Crippen molar-refractivity contribution in [2.45, 2.75) is 31.8 Å². The van der Waals surface area contributed by atoms with Crippen molar-refractivity contribution in [2.75, 3.05) is 13.1 Å². The lowest BCUT2D eigenvalue weighted by Crippen LogP contribution is -2.46. The van der Waals surface area contributed by atoms with Crippen LogP contribution in [-0.4, -0.2) is 50.9 Å². The van der Waals surface area contributed by atoms with E-state index in [2.05, 4.69) is 25.6 Å². The van der Waals surface area contributed by atoms with Gasteiger partial charge in [-0.25, -0.2) is 19.7 Å². The highest BCUT2D eigenvalue weighted by molar-refractivity contribution is 7.13. The zero-order chi connectivity index (χ0) is 17.9. The summed E-state index contributed by atoms with van der Waals surface area (Å²) in [4.78, 5) is 39.3. The Morgan fingerprint density at radius 3 is 3.00 bits per heavy atom. The summed E-state index contributed by atoms with van der Waals surface area (Å²) < 4.78 is 0. The lowest BCUT2D eigenvalue weighted by Gasteiger charge is -2.27. The molecule has 0 unspecified atom stereocenters. The molecular formula is C17H20N6O2S. The third kappa shape index (κ3) is 3.67. The van der Waals surface area contributed by atoms with Gasteiger partial charge in [-0.3, -0.25) is 4.79 Å². The fourth-order valence-corrected chi connectivity index (χ4v) is 4.16. The van der Waals surface area contributed by atoms with Crippen LogP contribution >= 0.6 is 11.3 Å². The molecule has 0 saturated carbocycles. The van der Waals surface area contributed by atoms with Gasteiger partial charge in [0.05, 0.1) is 18.2 Å². The largest absolute Gasteiger partial charge is 0.351 e. The van der Waals surface area contributed by atoms with Gasteiger partial charge in [0, 0.05) is 36.9 Å². The van der Waals surface area contributed by atoms with Crippen molar-refractivity contribution in [1.82, 2.24) is 30.5 Å². The molecule has 2 aliphatic heterocycles. The molecular weight excluding hydrogens is 352 g/mol. The molecule has 2 atom stereocenters. The van der Waals surface area contributed by atoms with Crippen LogP contribution in [0.2, 0.25) is 0 Å². The lowest BCUT2D eigenvalue weighted by atomic mass is 9.99. The Balaban J connectivity index is 1.37. The molecule has 2 aliphatic rings. The maximum absolute atomic E-state index is 12.6. The normalized spacial score (nSPS) is 22.5. The van der Waals surface area contributed by atoms with Gasteiger partial charge < -0.3 is 15.5 Å². The van der Waals surface area contributed by atoms with Crippen molar-refractivity contribution in [1.29, 1.82) is 0 Å². The minimum atomic E-state index is -0.149. The summed E-state index contributed by atoms with van der Waals surface area (Å²) >= 11 is 1.45. The number of aromatic nitrogens is 3. The highest BCUT2D eigenvalue weighted by Crippen LogP contribution is 2.22. The van der Waals surface area contributed by atoms with E-state index in [1.54, 1.807) is 23.4 Å². The highest BCUT2D eigenvalue weighted by Gasteiger charge is 2.34. The van der Waals surface area contributed by atoms with Gasteiger partial charge in [0.1, 0.15) is 0 Å². The van der Waals surface area contributed by atoms with Gasteiger partial charge in [-0.1, -0.05) is 6.42 Å². The molecule has 8 nitrogen and oxygen atoms in total. The molecule has 0 aromatic carbocycles. The van der Waals surface area contributed by atoms with E-state index in [4.69, 9.17) is 0 Å². The summed E-state index contributed by atoms with van der Waals surface area (Å²) in [5.41, 5.74) is 0.773. The van der Waals surface area contributed by atoms with Gasteiger partial charge in [-0.05, 0) is 18.9 Å². The van der Waals surface area contributed by atoms with Crippen LogP contribution in [0, 0.1) is 5.92 Å². The molecule has 2 N–H and O–H groups in total. The first kappa shape index (κ1) is 16.9. The quantitative estimate of drug-likeness (QED) is 0.848. The standard InChI is InChI=1S/C17H20N6O2S/c24-15-11-3-1-4-12(21-15)9-23(8-11)17(25)20-7-13-10-26-16(22-13)14-18-5-2-6-19-14/h2,5-6,10-12H,1,3-4,7-9H2,(H,20,25)(H,21,24)/t11-,12+/m1/s1. The van der Waals surface area contributed by atoms with Crippen LogP contribution in [0.1, 0.15) is 25.0 Å². The number of rotatable bonds is 3. The van der Waals surface area contributed by atoms with Gasteiger partial charge in [-0.15, -0.1) is 11.3 Å². The second-order valence-corrected chi connectivity index (χ2v) is 7.47. The van der Waals surface area contributed by atoms with Crippen LogP contribution in [0.15, 0.2) is 23.8 Å². The molecule has 9 heteroatoms. The minimum Gasteiger partial charge on any atom is -0.351 e. The Hall–Kier alpha value is -2.55. The molecule has 4 heterocycles. The Kier molecular flexibility index (Phi) is 4.79. The SMILES string of the molecule is O=C1N[C@H]2CCC[C@@H]1CN(C(=O)NCc1csc(-c3ncccn3)n1)C2. The summed E-state index contributed by atoms with van der Waals surface area (Å²) in [6, 6.07) is 1.67. The van der Waals surface area contributed by atoms with E-state index in [1.165, 1.54) is 11.3 Å². The molecule has 26 heavy (non-hydrogen) atoms. The summed E-state index contributed by atoms with van der Waals surface area (Å²) in [7, 11) is 0. The Labute approximate surface area is 155 Å². The van der Waals surface area contributed by atoms with Crippen molar-refractivity contribution in [3.05, 3.63) is 29.5 Å². The predicted octanol–water partition coefficient (Wildman–Crippen LogP) is 1.41. The first-order chi connectivity index (χ1) is 12.7. The molecule has 2 aromatic rings. The second-order valence-electron chi connectivity index (χ2n) is 6.61. The van der Waals surface area contributed by atoms with Crippen LogP contribution in [0.5, 0.6) is 0 Å². The first-order valence-corrected chi connectivity index (χ1v) is 9.62. The van der Waals surface area contributed by atoms with Gasteiger partial charge in [0.15, 0.2) is 10.8 Å². The van der Waals surface area contributed by atoms with Crippen molar-refractivity contribution in [3.63, 3.8) is 0 Å². The number of nitrogens with one attached hydrogen (secondary N) is 2. The van der Waals surface area contributed by atoms with E-state index in [1.807, 2.05) is 5.38 Å². The number of fused-ring (bicyclic) bond motifs is 3. The Bertz CT molecular complexity index is 796. The number of amides is 3. The summed E-state index contributed by atoms with van der Waals surface area (Å²) in [6.07, 6.45) is 6.16. The Morgan fingerprint density at radius 2 is 2.15 bits per heavy atom. The number of urea groups is 1. The monoisotopic (exact) mass is 372 g/mol. The topological polar surface area (TPSA) is 100 Å². The average molecular weight is 372 g/mol. The molecule has 2 aromatic heterocycles. The van der Waals surface area contributed by atoms with E-state index in [9.17, 15) is 9.59 Å². The molecule has 2 fully saturated rings. The van der Waals surface area contributed by atoms with E-state index in [-0.39, 0.29) is 23.9 Å². The molecule has 2 saturated heterocycles. The Morgan fingerprint density at radius 1 is 1.31 bits per heavy atom. The van der Waals surface area contributed by atoms with Gasteiger partial charge in [-0.2, -0.15) is 0 Å². The van der Waals surface area contributed by atoms with Gasteiger partial charge >= 0.3 is 6.03 Å². The van der Waals surface area contributed by atoms with Crippen molar-refractivity contribution >= 4 is 23.3 Å². The zero-order valence-corrected chi connectivity index (χ0v) is 15.0. The fraction of sp³-hybridized carbons (Fsp3) is 0.471. The van der Waals surface area contributed by atoms with Crippen molar-refractivity contribution in [3.8, 4) is 10.8 Å². The predicted molar refractivity (Wildman–Crippen MR) is 96.2 cm³/mol. The average Bonchev–Trinajstić information content (AvgIpc) is 2.97. The maximum Gasteiger partial charge on any atom is 0.317 e. The number of hydrogen-bond donors (Lipinski definition) is 2. The third-order valence-electron chi connectivity index (χ3n) is 4.72. The summed E-state index contributed by atoms with van der Waals surface area (Å²) in [5.74, 6) is 0.559. The molecule has 4 rings (SSSR count). The molecule has 0 aliphatic carbocycles. The van der Waals surface area contributed by atoms with E-state index >= 15 is 0 Å². The number of likely N-dealkylation sites (tertiary alicyclic amines) is 1. The van der Waals surface area contributed by atoms with E-state index in [0.717, 1.165) is 30.0 Å². The molecule has 2 bridgehead atoms. The second kappa shape index (κ2) is 7.36. The molecule has 136 valence electrons. The fourth-order valence-electron chi connectivity index (χ4n) is 3.39. The maximum atomic E-state index is 12.6. The number of nitrogens with zero attached hydrogens (tertiary/aromatic N) is 4. The minimum absolute atomic E-state index is 0.0573. The number of hydrogen-bond acceptors (Lipinski definition) is 6.